The molecule has 0 atom stereocenters. The number of aryl methyl sites for hydroxylation is 1. The van der Waals surface area contributed by atoms with Gasteiger partial charge in [0.2, 0.25) is 5.95 Å². The molecule has 1 N–H and O–H groups in total. The van der Waals surface area contributed by atoms with E-state index in [0.29, 0.717) is 36.0 Å². The zero-order valence-corrected chi connectivity index (χ0v) is 20.2. The summed E-state index contributed by atoms with van der Waals surface area (Å²) in [6, 6.07) is 5.94. The first kappa shape index (κ1) is 23.0. The molecule has 1 aliphatic carbocycles. The van der Waals surface area contributed by atoms with Gasteiger partial charge in [-0.05, 0) is 67.0 Å². The number of allylic oxidation sites excluding steroid dienone is 4. The monoisotopic (exact) mass is 487 g/mol. The average molecular weight is 488 g/mol. The smallest absolute Gasteiger partial charge is 0.226 e. The maximum Gasteiger partial charge on any atom is 0.226 e. The van der Waals surface area contributed by atoms with Gasteiger partial charge in [-0.3, -0.25) is 0 Å². The average Bonchev–Trinajstić information content (AvgIpc) is 2.90. The minimum absolute atomic E-state index is 0.629. The van der Waals surface area contributed by atoms with E-state index < -0.39 is 0 Å². The lowest BCUT2D eigenvalue weighted by Crippen LogP contribution is -2.37. The molecule has 178 valence electrons. The highest BCUT2D eigenvalue weighted by Crippen LogP contribution is 2.29. The number of nitrogens with one attached hydrogen (secondary N) is 1. The molecule has 1 aromatic carbocycles. The van der Waals surface area contributed by atoms with Gasteiger partial charge in [0.15, 0.2) is 5.82 Å². The first-order chi connectivity index (χ1) is 17.2. The molecule has 1 fully saturated rings. The van der Waals surface area contributed by atoms with Crippen molar-refractivity contribution in [1.29, 1.82) is 0 Å². The van der Waals surface area contributed by atoms with E-state index in [1.54, 1.807) is 6.20 Å². The number of rotatable bonds is 7. The Hall–Kier alpha value is -3.76. The second-order valence-electron chi connectivity index (χ2n) is 8.00. The summed E-state index contributed by atoms with van der Waals surface area (Å²) >= 11 is 1.33. The van der Waals surface area contributed by atoms with Crippen LogP contribution in [0.3, 0.4) is 0 Å². The molecule has 10 heteroatoms. The first-order valence-corrected chi connectivity index (χ1v) is 12.1. The van der Waals surface area contributed by atoms with Gasteiger partial charge in [-0.15, -0.1) is 0 Å². The predicted molar refractivity (Wildman–Crippen MR) is 140 cm³/mol. The Morgan fingerprint density at radius 3 is 2.86 bits per heavy atom. The first-order valence-electron chi connectivity index (χ1n) is 11.2. The second-order valence-corrected chi connectivity index (χ2v) is 8.71. The lowest BCUT2D eigenvalue weighted by Gasteiger charge is -2.26. The van der Waals surface area contributed by atoms with E-state index in [0.717, 1.165) is 42.3 Å². The maximum absolute atomic E-state index is 6.11. The summed E-state index contributed by atoms with van der Waals surface area (Å²) in [5.41, 5.74) is 4.41. The summed E-state index contributed by atoms with van der Waals surface area (Å²) in [5.74, 6) is 2.90. The fourth-order valence-corrected chi connectivity index (χ4v) is 4.15. The molecule has 2 aromatic heterocycles. The molecule has 2 aliphatic rings. The maximum atomic E-state index is 6.11. The molecule has 0 spiro atoms. The minimum Gasteiger partial charge on any atom is -0.457 e. The van der Waals surface area contributed by atoms with Gasteiger partial charge in [0.05, 0.1) is 19.4 Å². The van der Waals surface area contributed by atoms with Gasteiger partial charge >= 0.3 is 0 Å². The number of anilines is 3. The number of benzene rings is 1. The zero-order valence-electron chi connectivity index (χ0n) is 19.3. The van der Waals surface area contributed by atoms with Crippen LogP contribution in [0, 0.1) is 6.92 Å². The quantitative estimate of drug-likeness (QED) is 0.373. The fraction of sp³-hybridized carbons (Fsp3) is 0.240. The van der Waals surface area contributed by atoms with Gasteiger partial charge in [0, 0.05) is 30.7 Å². The van der Waals surface area contributed by atoms with Gasteiger partial charge in [-0.1, -0.05) is 6.08 Å². The third kappa shape index (κ3) is 5.50. The Kier molecular flexibility index (Phi) is 7.01. The van der Waals surface area contributed by atoms with E-state index in [-0.39, 0.29) is 0 Å². The van der Waals surface area contributed by atoms with Crippen molar-refractivity contribution in [3.63, 3.8) is 0 Å². The Bertz CT molecular complexity index is 1330. The van der Waals surface area contributed by atoms with Crippen molar-refractivity contribution >= 4 is 47.2 Å². The van der Waals surface area contributed by atoms with Crippen LogP contribution < -0.4 is 15.0 Å². The van der Waals surface area contributed by atoms with Crippen molar-refractivity contribution in [2.45, 2.75) is 13.3 Å². The number of nitrogens with zero attached hydrogens (tertiary/aromatic N) is 6. The SMILES string of the molecule is C=NS/C=C1/C=CC(Oc2ccc(Nc3ncnc4cnc(N5CCOCC5)nc34)cc2C)=CC1. The third-order valence-electron chi connectivity index (χ3n) is 5.60. The van der Waals surface area contributed by atoms with Crippen LogP contribution in [0.2, 0.25) is 0 Å². The molecule has 9 nitrogen and oxygen atoms in total. The molecule has 3 heterocycles. The summed E-state index contributed by atoms with van der Waals surface area (Å²) in [5, 5.41) is 5.36. The molecule has 0 amide bonds. The lowest BCUT2D eigenvalue weighted by molar-refractivity contribution is 0.122. The standard InChI is InChI=1S/C25H25N7O2S/c1-17-13-19(5-8-22(17)34-20-6-3-18(4-7-20)15-35-26-2)30-24-23-21(28-16-29-24)14-27-25(31-23)32-9-11-33-12-10-32/h3,5-8,13-16H,2,4,9-12H2,1H3,(H,28,29,30)/b18-15-. The molecule has 35 heavy (non-hydrogen) atoms. The zero-order chi connectivity index (χ0) is 24.0. The van der Waals surface area contributed by atoms with Crippen LogP contribution in [-0.2, 0) is 4.74 Å². The molecule has 1 saturated heterocycles. The van der Waals surface area contributed by atoms with Crippen LogP contribution in [0.4, 0.5) is 17.5 Å². The minimum atomic E-state index is 0.629. The Morgan fingerprint density at radius 1 is 1.20 bits per heavy atom. The summed E-state index contributed by atoms with van der Waals surface area (Å²) < 4.78 is 15.3. The van der Waals surface area contributed by atoms with Crippen molar-refractivity contribution < 1.29 is 9.47 Å². The number of ether oxygens (including phenoxy) is 2. The van der Waals surface area contributed by atoms with Gasteiger partial charge in [0.25, 0.3) is 0 Å². The second kappa shape index (κ2) is 10.7. The fourth-order valence-electron chi connectivity index (χ4n) is 3.77. The Balaban J connectivity index is 1.32. The molecule has 0 radical (unpaired) electrons. The van der Waals surface area contributed by atoms with Crippen LogP contribution >= 0.6 is 11.9 Å². The molecule has 3 aromatic rings. The molecule has 0 bridgehead atoms. The third-order valence-corrected chi connectivity index (χ3v) is 6.16. The van der Waals surface area contributed by atoms with Crippen molar-refractivity contribution in [3.05, 3.63) is 71.3 Å². The summed E-state index contributed by atoms with van der Waals surface area (Å²) in [4.78, 5) is 20.1. The summed E-state index contributed by atoms with van der Waals surface area (Å²) in [6.45, 7) is 8.35. The van der Waals surface area contributed by atoms with Gasteiger partial charge < -0.3 is 19.7 Å². The van der Waals surface area contributed by atoms with Crippen LogP contribution in [0.1, 0.15) is 12.0 Å². The van der Waals surface area contributed by atoms with E-state index >= 15 is 0 Å². The van der Waals surface area contributed by atoms with Crippen LogP contribution in [0.5, 0.6) is 5.75 Å². The van der Waals surface area contributed by atoms with Gasteiger partial charge in [0.1, 0.15) is 28.9 Å². The predicted octanol–water partition coefficient (Wildman–Crippen LogP) is 4.76. The number of fused-ring (bicyclic) bond motifs is 1. The Labute approximate surface area is 207 Å². The number of aromatic nitrogens is 4. The van der Waals surface area contributed by atoms with E-state index in [9.17, 15) is 0 Å². The van der Waals surface area contributed by atoms with Crippen LogP contribution in [-0.4, -0.2) is 53.0 Å². The highest BCUT2D eigenvalue weighted by atomic mass is 32.2. The largest absolute Gasteiger partial charge is 0.457 e. The molecule has 0 unspecified atom stereocenters. The van der Waals surface area contributed by atoms with Crippen LogP contribution in [0.15, 0.2) is 70.1 Å². The van der Waals surface area contributed by atoms with Gasteiger partial charge in [-0.25, -0.2) is 24.3 Å². The number of hydrogen-bond donors (Lipinski definition) is 1. The number of morpholine rings is 1. The van der Waals surface area contributed by atoms with Gasteiger partial charge in [-0.2, -0.15) is 0 Å². The van der Waals surface area contributed by atoms with E-state index in [4.69, 9.17) is 14.5 Å². The van der Waals surface area contributed by atoms with Crippen molar-refractivity contribution in [2.75, 3.05) is 36.5 Å². The molecule has 1 aliphatic heterocycles. The lowest BCUT2D eigenvalue weighted by atomic mass is 10.1. The summed E-state index contributed by atoms with van der Waals surface area (Å²) in [6.07, 6.45) is 10.1. The Morgan fingerprint density at radius 2 is 2.09 bits per heavy atom. The highest BCUT2D eigenvalue weighted by Gasteiger charge is 2.16. The molecule has 5 rings (SSSR count). The topological polar surface area (TPSA) is 97.6 Å². The number of hydrogen-bond acceptors (Lipinski definition) is 10. The van der Waals surface area contributed by atoms with Crippen molar-refractivity contribution in [3.8, 4) is 5.75 Å². The van der Waals surface area contributed by atoms with E-state index in [1.807, 2.05) is 42.7 Å². The van der Waals surface area contributed by atoms with Crippen molar-refractivity contribution in [2.24, 2.45) is 4.40 Å². The highest BCUT2D eigenvalue weighted by molar-refractivity contribution is 8.01. The van der Waals surface area contributed by atoms with E-state index in [2.05, 4.69) is 42.4 Å². The van der Waals surface area contributed by atoms with Crippen LogP contribution in [0.25, 0.3) is 11.0 Å². The molecular formula is C25H25N7O2S. The molecule has 0 saturated carbocycles. The normalized spacial score (nSPS) is 16.9. The van der Waals surface area contributed by atoms with Crippen molar-refractivity contribution in [1.82, 2.24) is 19.9 Å². The van der Waals surface area contributed by atoms with E-state index in [1.165, 1.54) is 23.8 Å². The molecular weight excluding hydrogens is 462 g/mol. The summed E-state index contributed by atoms with van der Waals surface area (Å²) in [7, 11) is 0.